The second-order valence-corrected chi connectivity index (χ2v) is 22.6. The van der Waals surface area contributed by atoms with Crippen LogP contribution in [0.15, 0.2) is 0 Å². The molecule has 0 aromatic carbocycles. The van der Waals surface area contributed by atoms with E-state index >= 15 is 0 Å². The van der Waals surface area contributed by atoms with Gasteiger partial charge in [0.25, 0.3) is 0 Å². The quantitative estimate of drug-likeness (QED) is 0.0191. The van der Waals surface area contributed by atoms with Gasteiger partial charge in [0, 0.05) is 12.8 Å². The van der Waals surface area contributed by atoms with Gasteiger partial charge in [-0.3, -0.25) is 18.6 Å². The predicted octanol–water partition coefficient (Wildman–Crippen LogP) is 14.0. The number of ether oxygens (including phenoxy) is 2. The zero-order valence-corrected chi connectivity index (χ0v) is 46.5. The molecule has 1 aliphatic rings. The van der Waals surface area contributed by atoms with Crippen LogP contribution in [0.4, 0.5) is 0 Å². The van der Waals surface area contributed by atoms with Crippen molar-refractivity contribution in [2.24, 2.45) is 0 Å². The molecule has 0 spiro atoms. The maximum absolute atomic E-state index is 12.9. The maximum Gasteiger partial charge on any atom is 0.472 e. The average Bonchev–Trinajstić information content (AvgIpc) is 3.35. The van der Waals surface area contributed by atoms with Crippen molar-refractivity contribution in [2.45, 2.75) is 339 Å². The van der Waals surface area contributed by atoms with Gasteiger partial charge in [-0.05, 0) is 12.8 Å². The van der Waals surface area contributed by atoms with E-state index in [9.17, 15) is 44.6 Å². The van der Waals surface area contributed by atoms with Gasteiger partial charge < -0.3 is 39.9 Å². The molecule has 0 heterocycles. The summed E-state index contributed by atoms with van der Waals surface area (Å²) in [4.78, 5) is 36.0. The second-order valence-electron chi connectivity index (χ2n) is 21.2. The molecular weight excluding hydrogens is 924 g/mol. The van der Waals surface area contributed by atoms with Gasteiger partial charge in [0.15, 0.2) is 6.10 Å². The van der Waals surface area contributed by atoms with Crippen molar-refractivity contribution in [1.29, 1.82) is 0 Å². The molecule has 8 atom stereocenters. The molecule has 422 valence electrons. The van der Waals surface area contributed by atoms with Gasteiger partial charge in [-0.2, -0.15) is 0 Å². The maximum atomic E-state index is 12.9. The van der Waals surface area contributed by atoms with E-state index in [0.717, 1.165) is 38.5 Å². The molecular formula is C57H111O13P. The number of phosphoric acid groups is 1. The summed E-state index contributed by atoms with van der Waals surface area (Å²) in [6, 6.07) is 0. The summed E-state index contributed by atoms with van der Waals surface area (Å²) in [5.74, 6) is -1.07. The third-order valence-corrected chi connectivity index (χ3v) is 15.4. The molecule has 6 N–H and O–H groups in total. The molecule has 0 saturated heterocycles. The molecule has 1 aliphatic carbocycles. The normalized spacial score (nSPS) is 20.5. The average molecular weight is 1040 g/mol. The number of esters is 2. The Bertz CT molecular complexity index is 1240. The Morgan fingerprint density at radius 2 is 0.634 bits per heavy atom. The smallest absolute Gasteiger partial charge is 0.462 e. The van der Waals surface area contributed by atoms with Crippen LogP contribution in [-0.4, -0.2) is 98.3 Å². The topological polar surface area (TPSA) is 210 Å². The van der Waals surface area contributed by atoms with Crippen molar-refractivity contribution >= 4 is 19.8 Å². The molecule has 0 aromatic heterocycles. The van der Waals surface area contributed by atoms with E-state index in [1.807, 2.05) is 0 Å². The fourth-order valence-electron chi connectivity index (χ4n) is 9.70. The summed E-state index contributed by atoms with van der Waals surface area (Å²) in [5.41, 5.74) is 0. The lowest BCUT2D eigenvalue weighted by molar-refractivity contribution is -0.220. The number of aliphatic hydroxyl groups is 5. The number of carbonyl (C=O) groups is 2. The van der Waals surface area contributed by atoms with E-state index in [1.165, 1.54) is 218 Å². The Balaban J connectivity index is 2.30. The number of unbranched alkanes of at least 4 members (excludes halogenated alkanes) is 40. The lowest BCUT2D eigenvalue weighted by Crippen LogP contribution is -2.64. The summed E-state index contributed by atoms with van der Waals surface area (Å²) in [6.07, 6.45) is 40.1. The first kappa shape index (κ1) is 67.9. The molecule has 6 unspecified atom stereocenters. The number of carbonyl (C=O) groups excluding carboxylic acids is 2. The monoisotopic (exact) mass is 1030 g/mol. The lowest BCUT2D eigenvalue weighted by atomic mass is 9.85. The highest BCUT2D eigenvalue weighted by Gasteiger charge is 2.51. The van der Waals surface area contributed by atoms with Gasteiger partial charge in [0.05, 0.1) is 6.61 Å². The summed E-state index contributed by atoms with van der Waals surface area (Å²) >= 11 is 0. The molecule has 71 heavy (non-hydrogen) atoms. The third kappa shape index (κ3) is 39.0. The highest BCUT2D eigenvalue weighted by atomic mass is 31.2. The molecule has 14 heteroatoms. The van der Waals surface area contributed by atoms with Gasteiger partial charge in [0.1, 0.15) is 43.2 Å². The molecule has 0 radical (unpaired) electrons. The van der Waals surface area contributed by atoms with Crippen LogP contribution in [0.5, 0.6) is 0 Å². The number of hydrogen-bond donors (Lipinski definition) is 6. The third-order valence-electron chi connectivity index (χ3n) is 14.4. The van der Waals surface area contributed by atoms with Crippen LogP contribution in [0, 0.1) is 0 Å². The molecule has 0 amide bonds. The lowest BCUT2D eigenvalue weighted by Gasteiger charge is -2.41. The first-order valence-corrected chi connectivity index (χ1v) is 31.3. The summed E-state index contributed by atoms with van der Waals surface area (Å²) < 4.78 is 33.8. The second kappa shape index (κ2) is 47.3. The van der Waals surface area contributed by atoms with E-state index in [0.29, 0.717) is 12.8 Å². The highest BCUT2D eigenvalue weighted by molar-refractivity contribution is 7.47. The standard InChI is InChI=1S/C57H111O13P/c1-3-5-7-9-11-13-15-17-19-21-23-24-25-26-28-30-32-34-36-38-40-42-44-46-51(59)69-49(48-68-71(65,66)70-57-55(63)53(61)52(60)54(62)56(57)64)47-67-50(58)45-43-41-39-37-35-33-31-29-27-22-20-18-16-14-12-10-8-6-4-2/h49,52-57,60-64H,3-48H2,1-2H3,(H,65,66)/t49-,52?,53-,54?,55?,56?,57?/m1/s1. The zero-order valence-electron chi connectivity index (χ0n) is 45.6. The van der Waals surface area contributed by atoms with Crippen LogP contribution in [0.25, 0.3) is 0 Å². The summed E-state index contributed by atoms with van der Waals surface area (Å²) in [7, 11) is -5.12. The van der Waals surface area contributed by atoms with Crippen molar-refractivity contribution in [3.8, 4) is 0 Å². The van der Waals surface area contributed by atoms with Crippen molar-refractivity contribution < 1.29 is 63.1 Å². The van der Waals surface area contributed by atoms with Crippen LogP contribution in [0.3, 0.4) is 0 Å². The minimum absolute atomic E-state index is 0.106. The van der Waals surface area contributed by atoms with Gasteiger partial charge in [-0.15, -0.1) is 0 Å². The van der Waals surface area contributed by atoms with E-state index in [2.05, 4.69) is 13.8 Å². The first-order chi connectivity index (χ1) is 34.4. The fraction of sp³-hybridized carbons (Fsp3) is 0.965. The minimum Gasteiger partial charge on any atom is -0.462 e. The van der Waals surface area contributed by atoms with Crippen molar-refractivity contribution in [1.82, 2.24) is 0 Å². The van der Waals surface area contributed by atoms with E-state index in [-0.39, 0.29) is 12.8 Å². The molecule has 0 bridgehead atoms. The Labute approximate surface area is 433 Å². The minimum atomic E-state index is -5.12. The van der Waals surface area contributed by atoms with Gasteiger partial charge in [0.2, 0.25) is 0 Å². The first-order valence-electron chi connectivity index (χ1n) is 29.8. The van der Waals surface area contributed by atoms with E-state index in [1.54, 1.807) is 0 Å². The van der Waals surface area contributed by atoms with Crippen LogP contribution < -0.4 is 0 Å². The van der Waals surface area contributed by atoms with Crippen molar-refractivity contribution in [2.75, 3.05) is 13.2 Å². The Morgan fingerprint density at radius 1 is 0.380 bits per heavy atom. The summed E-state index contributed by atoms with van der Waals surface area (Å²) in [5, 5.41) is 50.4. The van der Waals surface area contributed by atoms with Crippen LogP contribution in [0.2, 0.25) is 0 Å². The van der Waals surface area contributed by atoms with Crippen molar-refractivity contribution in [3.63, 3.8) is 0 Å². The molecule has 1 rings (SSSR count). The van der Waals surface area contributed by atoms with Gasteiger partial charge >= 0.3 is 19.8 Å². The SMILES string of the molecule is CCCCCCCCCCCCCCCCCCCCCCCCCC(=O)O[C@H](COC(=O)CCCCCCCCCCCCCCCCCCCCC)COP(=O)(O)OC1C(O)C(O)C(O)[C@@H](O)C1O. The van der Waals surface area contributed by atoms with E-state index < -0.39 is 75.7 Å². The van der Waals surface area contributed by atoms with Crippen molar-refractivity contribution in [3.05, 3.63) is 0 Å². The van der Waals surface area contributed by atoms with Crippen LogP contribution in [-0.2, 0) is 32.7 Å². The molecule has 0 aliphatic heterocycles. The predicted molar refractivity (Wildman–Crippen MR) is 286 cm³/mol. The summed E-state index contributed by atoms with van der Waals surface area (Å²) in [6.45, 7) is 3.38. The number of hydrogen-bond acceptors (Lipinski definition) is 12. The number of rotatable bonds is 52. The molecule has 0 aromatic rings. The highest BCUT2D eigenvalue weighted by Crippen LogP contribution is 2.47. The Hall–Kier alpha value is -1.15. The number of phosphoric ester groups is 1. The van der Waals surface area contributed by atoms with Gasteiger partial charge in [-0.1, -0.05) is 271 Å². The molecule has 1 saturated carbocycles. The van der Waals surface area contributed by atoms with E-state index in [4.69, 9.17) is 18.5 Å². The Morgan fingerprint density at radius 3 is 0.930 bits per heavy atom. The van der Waals surface area contributed by atoms with Gasteiger partial charge in [-0.25, -0.2) is 4.57 Å². The fourth-order valence-corrected chi connectivity index (χ4v) is 10.7. The Kier molecular flexibility index (Phi) is 45.2. The largest absolute Gasteiger partial charge is 0.472 e. The number of aliphatic hydroxyl groups excluding tert-OH is 5. The van der Waals surface area contributed by atoms with Crippen LogP contribution >= 0.6 is 7.82 Å². The van der Waals surface area contributed by atoms with Crippen LogP contribution in [0.1, 0.15) is 296 Å². The zero-order chi connectivity index (χ0) is 52.1. The molecule has 1 fully saturated rings. The molecule has 13 nitrogen and oxygen atoms in total.